The summed E-state index contributed by atoms with van der Waals surface area (Å²) in [6.07, 6.45) is 1.50. The third kappa shape index (κ3) is 2.77. The van der Waals surface area contributed by atoms with E-state index in [9.17, 15) is 14.4 Å². The highest BCUT2D eigenvalue weighted by Crippen LogP contribution is 2.03. The maximum Gasteiger partial charge on any atom is 0.321 e. The Bertz CT molecular complexity index is 460. The van der Waals surface area contributed by atoms with E-state index < -0.39 is 23.9 Å². The van der Waals surface area contributed by atoms with E-state index in [1.54, 1.807) is 18.2 Å². The number of hydrogen-bond acceptors (Lipinski definition) is 4. The van der Waals surface area contributed by atoms with Gasteiger partial charge in [0.05, 0.1) is 6.42 Å². The number of rotatable bonds is 2. The molecule has 0 aliphatic carbocycles. The van der Waals surface area contributed by atoms with Crippen LogP contribution >= 0.6 is 0 Å². The molecule has 1 atom stereocenters. The van der Waals surface area contributed by atoms with Crippen LogP contribution < -0.4 is 16.0 Å². The Morgan fingerprint density at radius 2 is 2.24 bits per heavy atom. The smallest absolute Gasteiger partial charge is 0.321 e. The minimum Gasteiger partial charge on any atom is -0.325 e. The highest BCUT2D eigenvalue weighted by molar-refractivity contribution is 6.07. The highest BCUT2D eigenvalue weighted by atomic mass is 16.2. The Morgan fingerprint density at radius 3 is 2.82 bits per heavy atom. The van der Waals surface area contributed by atoms with Gasteiger partial charge in [0.1, 0.15) is 11.9 Å². The van der Waals surface area contributed by atoms with Crippen molar-refractivity contribution in [2.75, 3.05) is 5.32 Å². The predicted molar refractivity (Wildman–Crippen MR) is 57.9 cm³/mol. The lowest BCUT2D eigenvalue weighted by molar-refractivity contribution is -0.125. The van der Waals surface area contributed by atoms with Crippen molar-refractivity contribution in [3.05, 3.63) is 24.4 Å². The zero-order chi connectivity index (χ0) is 12.3. The molecule has 7 nitrogen and oxygen atoms in total. The summed E-state index contributed by atoms with van der Waals surface area (Å²) in [4.78, 5) is 37.4. The van der Waals surface area contributed by atoms with Crippen LogP contribution in [0.2, 0.25) is 0 Å². The molecule has 1 fully saturated rings. The Balaban J connectivity index is 1.90. The zero-order valence-electron chi connectivity index (χ0n) is 8.77. The van der Waals surface area contributed by atoms with E-state index in [0.717, 1.165) is 0 Å². The molecule has 1 aliphatic rings. The first-order valence-corrected chi connectivity index (χ1v) is 4.97. The second-order valence-electron chi connectivity index (χ2n) is 3.48. The van der Waals surface area contributed by atoms with Gasteiger partial charge in [-0.3, -0.25) is 20.2 Å². The number of aromatic nitrogens is 1. The number of carbonyl (C=O) groups is 3. The van der Waals surface area contributed by atoms with E-state index in [-0.39, 0.29) is 6.42 Å². The number of carbonyl (C=O) groups excluding carboxylic acids is 3. The van der Waals surface area contributed by atoms with Crippen LogP contribution in [0.15, 0.2) is 24.4 Å². The molecule has 3 N–H and O–H groups in total. The SMILES string of the molecule is O=C1CC(NC(=O)Nc2ccccn2)C(=O)N1. The molecule has 4 amide bonds. The molecule has 0 aromatic carbocycles. The first kappa shape index (κ1) is 11.1. The maximum atomic E-state index is 11.5. The van der Waals surface area contributed by atoms with Gasteiger partial charge in [-0.1, -0.05) is 6.07 Å². The van der Waals surface area contributed by atoms with Crippen LogP contribution in [-0.4, -0.2) is 28.9 Å². The Kier molecular flexibility index (Phi) is 2.99. The van der Waals surface area contributed by atoms with Crippen molar-refractivity contribution in [3.8, 4) is 0 Å². The van der Waals surface area contributed by atoms with Crippen molar-refractivity contribution >= 4 is 23.7 Å². The molecule has 1 aliphatic heterocycles. The van der Waals surface area contributed by atoms with E-state index in [1.807, 2.05) is 0 Å². The molecule has 0 radical (unpaired) electrons. The van der Waals surface area contributed by atoms with Gasteiger partial charge in [-0.25, -0.2) is 9.78 Å². The van der Waals surface area contributed by atoms with Crippen LogP contribution in [0.25, 0.3) is 0 Å². The van der Waals surface area contributed by atoms with Gasteiger partial charge in [0, 0.05) is 6.20 Å². The zero-order valence-corrected chi connectivity index (χ0v) is 8.77. The molecular weight excluding hydrogens is 224 g/mol. The van der Waals surface area contributed by atoms with Crippen LogP contribution in [0.4, 0.5) is 10.6 Å². The molecule has 1 saturated heterocycles. The summed E-state index contributed by atoms with van der Waals surface area (Å²) >= 11 is 0. The molecule has 88 valence electrons. The molecule has 0 bridgehead atoms. The molecule has 7 heteroatoms. The number of amides is 4. The van der Waals surface area contributed by atoms with Crippen LogP contribution in [0.3, 0.4) is 0 Å². The fourth-order valence-corrected chi connectivity index (χ4v) is 1.42. The minimum absolute atomic E-state index is 0.0333. The number of anilines is 1. The summed E-state index contributed by atoms with van der Waals surface area (Å²) in [5, 5.41) is 6.94. The van der Waals surface area contributed by atoms with E-state index in [4.69, 9.17) is 0 Å². The maximum absolute atomic E-state index is 11.5. The largest absolute Gasteiger partial charge is 0.325 e. The van der Waals surface area contributed by atoms with Gasteiger partial charge in [0.25, 0.3) is 0 Å². The summed E-state index contributed by atoms with van der Waals surface area (Å²) < 4.78 is 0. The van der Waals surface area contributed by atoms with Crippen molar-refractivity contribution in [1.82, 2.24) is 15.6 Å². The van der Waals surface area contributed by atoms with Gasteiger partial charge in [0.15, 0.2) is 0 Å². The number of nitrogens with zero attached hydrogens (tertiary/aromatic N) is 1. The number of hydrogen-bond donors (Lipinski definition) is 3. The monoisotopic (exact) mass is 234 g/mol. The molecular formula is C10H10N4O3. The molecule has 1 aromatic rings. The molecule has 17 heavy (non-hydrogen) atoms. The van der Waals surface area contributed by atoms with Gasteiger partial charge in [0.2, 0.25) is 11.8 Å². The van der Waals surface area contributed by atoms with Crippen LogP contribution in [0.1, 0.15) is 6.42 Å². The van der Waals surface area contributed by atoms with Crippen molar-refractivity contribution in [3.63, 3.8) is 0 Å². The lowest BCUT2D eigenvalue weighted by Gasteiger charge is -2.09. The molecule has 1 unspecified atom stereocenters. The fraction of sp³-hybridized carbons (Fsp3) is 0.200. The van der Waals surface area contributed by atoms with E-state index in [2.05, 4.69) is 20.9 Å². The van der Waals surface area contributed by atoms with Gasteiger partial charge in [-0.05, 0) is 12.1 Å². The first-order valence-electron chi connectivity index (χ1n) is 4.97. The first-order chi connectivity index (χ1) is 8.15. The lowest BCUT2D eigenvalue weighted by atomic mass is 10.2. The summed E-state index contributed by atoms with van der Waals surface area (Å²) in [6.45, 7) is 0. The van der Waals surface area contributed by atoms with E-state index in [0.29, 0.717) is 5.82 Å². The van der Waals surface area contributed by atoms with E-state index in [1.165, 1.54) is 6.20 Å². The Labute approximate surface area is 96.6 Å². The summed E-state index contributed by atoms with van der Waals surface area (Å²) in [5.41, 5.74) is 0. The quantitative estimate of drug-likeness (QED) is 0.607. The van der Waals surface area contributed by atoms with Crippen molar-refractivity contribution < 1.29 is 14.4 Å². The summed E-state index contributed by atoms with van der Waals surface area (Å²) in [5.74, 6) is -0.515. The lowest BCUT2D eigenvalue weighted by Crippen LogP contribution is -2.42. The van der Waals surface area contributed by atoms with Gasteiger partial charge in [-0.2, -0.15) is 0 Å². The minimum atomic E-state index is -0.814. The van der Waals surface area contributed by atoms with Gasteiger partial charge >= 0.3 is 6.03 Å². The number of urea groups is 1. The van der Waals surface area contributed by atoms with Crippen molar-refractivity contribution in [2.45, 2.75) is 12.5 Å². The molecule has 1 aromatic heterocycles. The molecule has 0 spiro atoms. The highest BCUT2D eigenvalue weighted by Gasteiger charge is 2.31. The summed E-state index contributed by atoms with van der Waals surface area (Å²) in [6, 6.07) is 3.66. The summed E-state index contributed by atoms with van der Waals surface area (Å²) in [7, 11) is 0. The average Bonchev–Trinajstić information content (AvgIpc) is 2.58. The second kappa shape index (κ2) is 4.60. The third-order valence-electron chi connectivity index (χ3n) is 2.18. The van der Waals surface area contributed by atoms with Gasteiger partial charge < -0.3 is 5.32 Å². The number of nitrogens with one attached hydrogen (secondary N) is 3. The molecule has 2 rings (SSSR count). The second-order valence-corrected chi connectivity index (χ2v) is 3.48. The van der Waals surface area contributed by atoms with Crippen LogP contribution in [-0.2, 0) is 9.59 Å². The average molecular weight is 234 g/mol. The standard InChI is InChI=1S/C10H10N4O3/c15-8-5-6(9(16)14-8)12-10(17)13-7-3-1-2-4-11-7/h1-4,6H,5H2,(H,14,15,16)(H2,11,12,13,17). The Hall–Kier alpha value is -2.44. The fourth-order valence-electron chi connectivity index (χ4n) is 1.42. The van der Waals surface area contributed by atoms with Crippen LogP contribution in [0.5, 0.6) is 0 Å². The molecule has 2 heterocycles. The topological polar surface area (TPSA) is 100 Å². The number of pyridine rings is 1. The van der Waals surface area contributed by atoms with E-state index >= 15 is 0 Å². The van der Waals surface area contributed by atoms with Crippen LogP contribution in [0, 0.1) is 0 Å². The molecule has 0 saturated carbocycles. The van der Waals surface area contributed by atoms with Crippen molar-refractivity contribution in [2.24, 2.45) is 0 Å². The van der Waals surface area contributed by atoms with Crippen molar-refractivity contribution in [1.29, 1.82) is 0 Å². The predicted octanol–water partition coefficient (Wildman–Crippen LogP) is -0.382. The third-order valence-corrected chi connectivity index (χ3v) is 2.18. The Morgan fingerprint density at radius 1 is 1.41 bits per heavy atom. The number of imide groups is 1. The normalized spacial score (nSPS) is 18.7. The van der Waals surface area contributed by atoms with Gasteiger partial charge in [-0.15, -0.1) is 0 Å².